The summed E-state index contributed by atoms with van der Waals surface area (Å²) < 4.78 is 1.91. The number of aliphatic hydroxyl groups is 1. The average molecular weight is 471 g/mol. The van der Waals surface area contributed by atoms with Crippen LogP contribution >= 0.6 is 24.8 Å². The Balaban J connectivity index is 0.00000181. The molecule has 2 heterocycles. The van der Waals surface area contributed by atoms with Gasteiger partial charge in [-0.1, -0.05) is 36.3 Å². The first kappa shape index (κ1) is 25.2. The smallest absolute Gasteiger partial charge is 0.271 e. The molecule has 0 atom stereocenters. The predicted molar refractivity (Wildman–Crippen MR) is 130 cm³/mol. The second kappa shape index (κ2) is 11.5. The molecule has 1 aromatic heterocycles. The molecular weight excluding hydrogens is 447 g/mol. The number of hydrogen-bond donors (Lipinski definition) is 2. The van der Waals surface area contributed by atoms with Gasteiger partial charge in [-0.25, -0.2) is 4.98 Å². The topological polar surface area (TPSA) is 79.5 Å². The zero-order valence-corrected chi connectivity index (χ0v) is 19.0. The lowest BCUT2D eigenvalue weighted by Gasteiger charge is -2.12. The van der Waals surface area contributed by atoms with Gasteiger partial charge in [0.05, 0.1) is 23.6 Å². The van der Waals surface area contributed by atoms with Crippen molar-refractivity contribution in [1.29, 1.82) is 0 Å². The van der Waals surface area contributed by atoms with E-state index in [-0.39, 0.29) is 37.3 Å². The van der Waals surface area contributed by atoms with Crippen LogP contribution in [0.1, 0.15) is 45.7 Å². The molecule has 0 saturated heterocycles. The summed E-state index contributed by atoms with van der Waals surface area (Å²) in [6, 6.07) is 15.7. The normalized spacial score (nSPS) is 11.4. The maximum atomic E-state index is 12.7. The number of rotatable bonds is 6. The Labute approximate surface area is 199 Å². The van der Waals surface area contributed by atoms with Crippen LogP contribution < -0.4 is 5.32 Å². The first-order valence-corrected chi connectivity index (χ1v) is 9.89. The standard InChI is InChI=1S/C24H22N4O2.2ClH/c1-2-17-10-11-20-19(14-17)22(18-8-4-3-5-9-18)26-15-21-23(27-16-28(20)21)24(30)25-12-6-7-13-29;;/h1,3-5,8-11,14,16,29H,6-7,12-13,15H2,(H,25,30);2*1H. The van der Waals surface area contributed by atoms with Gasteiger partial charge in [0.15, 0.2) is 5.69 Å². The van der Waals surface area contributed by atoms with Crippen LogP contribution in [0.2, 0.25) is 0 Å². The summed E-state index contributed by atoms with van der Waals surface area (Å²) in [6.07, 6.45) is 8.66. The van der Waals surface area contributed by atoms with E-state index in [0.717, 1.165) is 33.8 Å². The van der Waals surface area contributed by atoms with E-state index in [1.54, 1.807) is 6.33 Å². The molecular formula is C24H24Cl2N4O2. The third-order valence-electron chi connectivity index (χ3n) is 5.06. The molecule has 0 radical (unpaired) electrons. The monoisotopic (exact) mass is 470 g/mol. The van der Waals surface area contributed by atoms with Gasteiger partial charge in [0.1, 0.15) is 6.33 Å². The summed E-state index contributed by atoms with van der Waals surface area (Å²) >= 11 is 0. The van der Waals surface area contributed by atoms with Crippen molar-refractivity contribution in [2.45, 2.75) is 19.4 Å². The Bertz CT molecular complexity index is 1150. The van der Waals surface area contributed by atoms with E-state index >= 15 is 0 Å². The van der Waals surface area contributed by atoms with Crippen LogP contribution in [-0.2, 0) is 6.54 Å². The van der Waals surface area contributed by atoms with Crippen molar-refractivity contribution in [3.8, 4) is 18.0 Å². The first-order valence-electron chi connectivity index (χ1n) is 9.89. The maximum Gasteiger partial charge on any atom is 0.271 e. The minimum atomic E-state index is -0.234. The molecule has 166 valence electrons. The lowest BCUT2D eigenvalue weighted by Crippen LogP contribution is -2.26. The molecule has 1 amide bonds. The van der Waals surface area contributed by atoms with Crippen LogP contribution in [0.3, 0.4) is 0 Å². The highest BCUT2D eigenvalue weighted by Gasteiger charge is 2.24. The van der Waals surface area contributed by atoms with E-state index in [1.165, 1.54) is 0 Å². The van der Waals surface area contributed by atoms with Crippen LogP contribution in [0, 0.1) is 12.3 Å². The van der Waals surface area contributed by atoms with Gasteiger partial charge in [-0.2, -0.15) is 0 Å². The molecule has 6 nitrogen and oxygen atoms in total. The highest BCUT2D eigenvalue weighted by molar-refractivity contribution is 6.15. The molecule has 3 aromatic rings. The largest absolute Gasteiger partial charge is 0.396 e. The number of imidazole rings is 1. The number of nitrogens with zero attached hydrogens (tertiary/aromatic N) is 3. The molecule has 1 aliphatic rings. The van der Waals surface area contributed by atoms with Gasteiger partial charge in [-0.3, -0.25) is 14.4 Å². The summed E-state index contributed by atoms with van der Waals surface area (Å²) in [5.74, 6) is 2.45. The molecule has 0 fully saturated rings. The number of hydrogen-bond acceptors (Lipinski definition) is 4. The number of amides is 1. The van der Waals surface area contributed by atoms with E-state index in [9.17, 15) is 4.79 Å². The molecule has 32 heavy (non-hydrogen) atoms. The second-order valence-electron chi connectivity index (χ2n) is 7.00. The fourth-order valence-electron chi connectivity index (χ4n) is 3.55. The minimum Gasteiger partial charge on any atom is -0.396 e. The number of aliphatic imine (C=N–C) groups is 1. The molecule has 2 aromatic carbocycles. The zero-order chi connectivity index (χ0) is 20.9. The molecule has 0 aliphatic carbocycles. The summed E-state index contributed by atoms with van der Waals surface area (Å²) in [5, 5.41) is 11.8. The molecule has 1 aliphatic heterocycles. The van der Waals surface area contributed by atoms with Gasteiger partial charge in [-0.05, 0) is 31.0 Å². The SMILES string of the molecule is C#Cc1ccc2c(c1)C(c1ccccc1)=NCc1c(C(=O)NCCCCO)ncn1-2.Cl.Cl. The molecule has 8 heteroatoms. The number of nitrogens with one attached hydrogen (secondary N) is 1. The van der Waals surface area contributed by atoms with E-state index in [1.807, 2.05) is 53.1 Å². The molecule has 4 rings (SSSR count). The number of aliphatic hydroxyl groups excluding tert-OH is 1. The van der Waals surface area contributed by atoms with Crippen molar-refractivity contribution < 1.29 is 9.90 Å². The van der Waals surface area contributed by atoms with Gasteiger partial charge in [0.25, 0.3) is 5.91 Å². The van der Waals surface area contributed by atoms with Crippen LogP contribution in [0.5, 0.6) is 0 Å². The zero-order valence-electron chi connectivity index (χ0n) is 17.3. The van der Waals surface area contributed by atoms with Gasteiger partial charge >= 0.3 is 0 Å². The number of halogens is 2. The number of benzene rings is 2. The third kappa shape index (κ3) is 5.03. The van der Waals surface area contributed by atoms with Crippen molar-refractivity contribution in [1.82, 2.24) is 14.9 Å². The number of unbranched alkanes of at least 4 members (excludes halogenated alkanes) is 1. The van der Waals surface area contributed by atoms with Gasteiger partial charge in [-0.15, -0.1) is 31.2 Å². The van der Waals surface area contributed by atoms with Crippen molar-refractivity contribution in [2.24, 2.45) is 4.99 Å². The number of carbonyl (C=O) groups excluding carboxylic acids is 1. The van der Waals surface area contributed by atoms with Crippen molar-refractivity contribution in [3.63, 3.8) is 0 Å². The first-order chi connectivity index (χ1) is 14.7. The maximum absolute atomic E-state index is 12.7. The highest BCUT2D eigenvalue weighted by atomic mass is 35.5. The van der Waals surface area contributed by atoms with E-state index in [0.29, 0.717) is 31.6 Å². The Hall–Kier alpha value is -3.11. The quantitative estimate of drug-likeness (QED) is 0.426. The molecule has 0 spiro atoms. The number of fused-ring (bicyclic) bond motifs is 3. The lowest BCUT2D eigenvalue weighted by atomic mass is 9.98. The average Bonchev–Trinajstić information content (AvgIpc) is 3.14. The van der Waals surface area contributed by atoms with Gasteiger partial charge in [0, 0.05) is 29.8 Å². The Morgan fingerprint density at radius 2 is 1.94 bits per heavy atom. The predicted octanol–water partition coefficient (Wildman–Crippen LogP) is 3.55. The fraction of sp³-hybridized carbons (Fsp3) is 0.208. The van der Waals surface area contributed by atoms with E-state index < -0.39 is 0 Å². The van der Waals surface area contributed by atoms with Crippen LogP contribution in [0.4, 0.5) is 0 Å². The number of carbonyl (C=O) groups is 1. The van der Waals surface area contributed by atoms with E-state index in [4.69, 9.17) is 16.5 Å². The fourth-order valence-corrected chi connectivity index (χ4v) is 3.55. The molecule has 2 N–H and O–H groups in total. The molecule has 0 saturated carbocycles. The molecule has 0 bridgehead atoms. The van der Waals surface area contributed by atoms with Crippen molar-refractivity contribution in [2.75, 3.05) is 13.2 Å². The Morgan fingerprint density at radius 1 is 1.16 bits per heavy atom. The van der Waals surface area contributed by atoms with Crippen LogP contribution in [0.25, 0.3) is 5.69 Å². The minimum absolute atomic E-state index is 0. The Kier molecular flexibility index (Phi) is 9.03. The van der Waals surface area contributed by atoms with Crippen LogP contribution in [0.15, 0.2) is 59.9 Å². The van der Waals surface area contributed by atoms with Crippen molar-refractivity contribution >= 4 is 36.4 Å². The van der Waals surface area contributed by atoms with Gasteiger partial charge < -0.3 is 10.4 Å². The Morgan fingerprint density at radius 3 is 2.66 bits per heavy atom. The second-order valence-corrected chi connectivity index (χ2v) is 7.00. The van der Waals surface area contributed by atoms with Crippen LogP contribution in [-0.4, -0.2) is 39.4 Å². The summed E-state index contributed by atoms with van der Waals surface area (Å²) in [7, 11) is 0. The third-order valence-corrected chi connectivity index (χ3v) is 5.06. The summed E-state index contributed by atoms with van der Waals surface area (Å²) in [6.45, 7) is 0.930. The summed E-state index contributed by atoms with van der Waals surface area (Å²) in [4.78, 5) is 21.9. The number of aromatic nitrogens is 2. The lowest BCUT2D eigenvalue weighted by molar-refractivity contribution is 0.0946. The number of terminal acetylenes is 1. The summed E-state index contributed by atoms with van der Waals surface area (Å²) in [5.41, 5.74) is 5.48. The highest BCUT2D eigenvalue weighted by Crippen LogP contribution is 2.27. The van der Waals surface area contributed by atoms with E-state index in [2.05, 4.69) is 16.2 Å². The van der Waals surface area contributed by atoms with Gasteiger partial charge in [0.2, 0.25) is 0 Å². The molecule has 0 unspecified atom stereocenters. The van der Waals surface area contributed by atoms with Crippen molar-refractivity contribution in [3.05, 3.63) is 82.9 Å².